The normalized spacial score (nSPS) is 22.2. The van der Waals surface area contributed by atoms with Gasteiger partial charge in [0, 0.05) is 11.6 Å². The molecule has 0 aromatic heterocycles. The van der Waals surface area contributed by atoms with Crippen LogP contribution in [0.4, 0.5) is 4.39 Å². The Morgan fingerprint density at radius 1 is 1.36 bits per heavy atom. The fourth-order valence-corrected chi connectivity index (χ4v) is 1.93. The third kappa shape index (κ3) is 1.73. The van der Waals surface area contributed by atoms with E-state index in [9.17, 15) is 9.50 Å². The number of benzene rings is 1. The minimum absolute atomic E-state index is 0.111. The lowest BCUT2D eigenvalue weighted by molar-refractivity contribution is 0.377. The molecule has 2 nitrogen and oxygen atoms in total. The SMILES string of the molecule is Oc1c(F)cccc1[C@H]1CCCCN1. The second-order valence-electron chi connectivity index (χ2n) is 3.68. The molecule has 76 valence electrons. The van der Waals surface area contributed by atoms with Crippen molar-refractivity contribution in [1.82, 2.24) is 5.32 Å². The van der Waals surface area contributed by atoms with Crippen LogP contribution in [0.25, 0.3) is 0 Å². The maximum atomic E-state index is 13.1. The number of halogens is 1. The topological polar surface area (TPSA) is 32.3 Å². The Morgan fingerprint density at radius 2 is 2.21 bits per heavy atom. The van der Waals surface area contributed by atoms with Crippen LogP contribution in [0, 0.1) is 5.82 Å². The number of aromatic hydroxyl groups is 1. The fourth-order valence-electron chi connectivity index (χ4n) is 1.93. The molecule has 0 spiro atoms. The number of hydrogen-bond acceptors (Lipinski definition) is 2. The molecule has 0 amide bonds. The van der Waals surface area contributed by atoms with Crippen LogP contribution in [0.1, 0.15) is 30.9 Å². The summed E-state index contributed by atoms with van der Waals surface area (Å²) in [6, 6.07) is 4.81. The average molecular weight is 195 g/mol. The van der Waals surface area contributed by atoms with Gasteiger partial charge in [0.1, 0.15) is 0 Å². The molecule has 3 heteroatoms. The summed E-state index contributed by atoms with van der Waals surface area (Å²) in [5, 5.41) is 12.8. The molecule has 1 aromatic carbocycles. The zero-order chi connectivity index (χ0) is 9.97. The molecule has 1 saturated heterocycles. The van der Waals surface area contributed by atoms with Crippen LogP contribution in [0.2, 0.25) is 0 Å². The number of piperidine rings is 1. The van der Waals surface area contributed by atoms with Crippen LogP contribution in [-0.4, -0.2) is 11.7 Å². The summed E-state index contributed by atoms with van der Waals surface area (Å²) in [5.74, 6) is -0.734. The van der Waals surface area contributed by atoms with Crippen molar-refractivity contribution in [2.45, 2.75) is 25.3 Å². The van der Waals surface area contributed by atoms with Crippen LogP contribution in [-0.2, 0) is 0 Å². The van der Waals surface area contributed by atoms with E-state index in [4.69, 9.17) is 0 Å². The van der Waals surface area contributed by atoms with Crippen molar-refractivity contribution in [3.05, 3.63) is 29.6 Å². The van der Waals surface area contributed by atoms with Gasteiger partial charge in [0.2, 0.25) is 0 Å². The van der Waals surface area contributed by atoms with Gasteiger partial charge >= 0.3 is 0 Å². The van der Waals surface area contributed by atoms with Crippen molar-refractivity contribution in [1.29, 1.82) is 0 Å². The average Bonchev–Trinajstić information content (AvgIpc) is 2.23. The Morgan fingerprint density at radius 3 is 2.93 bits per heavy atom. The van der Waals surface area contributed by atoms with E-state index in [0.717, 1.165) is 25.8 Å². The summed E-state index contributed by atoms with van der Waals surface area (Å²) in [4.78, 5) is 0. The minimum Gasteiger partial charge on any atom is -0.505 e. The highest BCUT2D eigenvalue weighted by molar-refractivity contribution is 5.36. The van der Waals surface area contributed by atoms with Crippen molar-refractivity contribution in [2.24, 2.45) is 0 Å². The molecule has 1 aliphatic heterocycles. The van der Waals surface area contributed by atoms with Gasteiger partial charge in [-0.2, -0.15) is 0 Å². The molecule has 0 unspecified atom stereocenters. The van der Waals surface area contributed by atoms with Crippen LogP contribution < -0.4 is 5.32 Å². The number of rotatable bonds is 1. The zero-order valence-corrected chi connectivity index (χ0v) is 7.96. The van der Waals surface area contributed by atoms with Crippen molar-refractivity contribution in [3.8, 4) is 5.75 Å². The fraction of sp³-hybridized carbons (Fsp3) is 0.455. The molecule has 2 N–H and O–H groups in total. The molecule has 1 atom stereocenters. The molecule has 1 fully saturated rings. The van der Waals surface area contributed by atoms with E-state index in [2.05, 4.69) is 5.32 Å². The molecular formula is C11H14FNO. The molecule has 1 heterocycles. The van der Waals surface area contributed by atoms with Crippen molar-refractivity contribution in [2.75, 3.05) is 6.54 Å². The van der Waals surface area contributed by atoms with Gasteiger partial charge in [-0.25, -0.2) is 4.39 Å². The van der Waals surface area contributed by atoms with Crippen molar-refractivity contribution in [3.63, 3.8) is 0 Å². The lowest BCUT2D eigenvalue weighted by atomic mass is 9.97. The van der Waals surface area contributed by atoms with E-state index < -0.39 is 5.82 Å². The van der Waals surface area contributed by atoms with Crippen LogP contribution in [0.3, 0.4) is 0 Å². The number of phenolic OH excluding ortho intramolecular Hbond substituents is 1. The van der Waals surface area contributed by atoms with E-state index in [1.165, 1.54) is 6.07 Å². The Balaban J connectivity index is 2.26. The molecular weight excluding hydrogens is 181 g/mol. The number of para-hydroxylation sites is 1. The molecule has 0 aliphatic carbocycles. The summed E-state index contributed by atoms with van der Waals surface area (Å²) < 4.78 is 13.1. The Hall–Kier alpha value is -1.09. The molecule has 1 aromatic rings. The lowest BCUT2D eigenvalue weighted by Crippen LogP contribution is -2.26. The van der Waals surface area contributed by atoms with Crippen LogP contribution in [0.15, 0.2) is 18.2 Å². The first kappa shape index (κ1) is 9.46. The van der Waals surface area contributed by atoms with Crippen molar-refractivity contribution < 1.29 is 9.50 Å². The minimum atomic E-state index is -0.533. The molecule has 2 rings (SSSR count). The zero-order valence-electron chi connectivity index (χ0n) is 7.96. The van der Waals surface area contributed by atoms with E-state index in [0.29, 0.717) is 5.56 Å². The Kier molecular flexibility index (Phi) is 2.68. The Bertz CT molecular complexity index is 321. The van der Waals surface area contributed by atoms with Gasteiger partial charge in [0.05, 0.1) is 0 Å². The number of nitrogens with one attached hydrogen (secondary N) is 1. The van der Waals surface area contributed by atoms with Gasteiger partial charge < -0.3 is 10.4 Å². The smallest absolute Gasteiger partial charge is 0.165 e. The highest BCUT2D eigenvalue weighted by atomic mass is 19.1. The molecule has 0 saturated carbocycles. The monoisotopic (exact) mass is 195 g/mol. The predicted octanol–water partition coefficient (Wildman–Crippen LogP) is 2.35. The van der Waals surface area contributed by atoms with Gasteiger partial charge in [-0.3, -0.25) is 0 Å². The third-order valence-corrected chi connectivity index (χ3v) is 2.70. The van der Waals surface area contributed by atoms with Gasteiger partial charge in [0.15, 0.2) is 11.6 Å². The highest BCUT2D eigenvalue weighted by Gasteiger charge is 2.19. The Labute approximate surface area is 82.8 Å². The predicted molar refractivity (Wildman–Crippen MR) is 52.7 cm³/mol. The maximum absolute atomic E-state index is 13.1. The summed E-state index contributed by atoms with van der Waals surface area (Å²) in [7, 11) is 0. The number of hydrogen-bond donors (Lipinski definition) is 2. The third-order valence-electron chi connectivity index (χ3n) is 2.70. The van der Waals surface area contributed by atoms with Crippen LogP contribution >= 0.6 is 0 Å². The summed E-state index contributed by atoms with van der Waals surface area (Å²) in [6.45, 7) is 0.945. The van der Waals surface area contributed by atoms with E-state index in [-0.39, 0.29) is 11.8 Å². The lowest BCUT2D eigenvalue weighted by Gasteiger charge is -2.24. The summed E-state index contributed by atoms with van der Waals surface area (Å²) in [6.07, 6.45) is 3.26. The first-order valence-electron chi connectivity index (χ1n) is 5.00. The van der Waals surface area contributed by atoms with Crippen LogP contribution in [0.5, 0.6) is 5.75 Å². The van der Waals surface area contributed by atoms with E-state index in [1.807, 2.05) is 0 Å². The van der Waals surface area contributed by atoms with Gasteiger partial charge in [-0.15, -0.1) is 0 Å². The second-order valence-corrected chi connectivity index (χ2v) is 3.68. The maximum Gasteiger partial charge on any atom is 0.165 e. The van der Waals surface area contributed by atoms with Crippen molar-refractivity contribution >= 4 is 0 Å². The highest BCUT2D eigenvalue weighted by Crippen LogP contribution is 2.31. The van der Waals surface area contributed by atoms with E-state index >= 15 is 0 Å². The molecule has 0 bridgehead atoms. The van der Waals surface area contributed by atoms with Gasteiger partial charge in [0.25, 0.3) is 0 Å². The quantitative estimate of drug-likeness (QED) is 0.721. The number of phenols is 1. The molecule has 1 aliphatic rings. The summed E-state index contributed by atoms with van der Waals surface area (Å²) >= 11 is 0. The first-order valence-corrected chi connectivity index (χ1v) is 5.00. The van der Waals surface area contributed by atoms with E-state index in [1.54, 1.807) is 12.1 Å². The molecule has 14 heavy (non-hydrogen) atoms. The molecule has 0 radical (unpaired) electrons. The summed E-state index contributed by atoms with van der Waals surface area (Å²) in [5.41, 5.74) is 0.685. The second kappa shape index (κ2) is 3.96. The standard InChI is InChI=1S/C11H14FNO/c12-9-5-3-4-8(11(9)14)10-6-1-2-7-13-10/h3-5,10,13-14H,1-2,6-7H2/t10-/m1/s1. The van der Waals surface area contributed by atoms with Gasteiger partial charge in [-0.05, 0) is 25.5 Å². The van der Waals surface area contributed by atoms with Gasteiger partial charge in [-0.1, -0.05) is 18.6 Å². The first-order chi connectivity index (χ1) is 6.79. The largest absolute Gasteiger partial charge is 0.505 e.